The van der Waals surface area contributed by atoms with Crippen molar-refractivity contribution in [1.82, 2.24) is 9.97 Å². The second-order valence-electron chi connectivity index (χ2n) is 11.9. The van der Waals surface area contributed by atoms with E-state index in [0.717, 1.165) is 33.2 Å². The van der Waals surface area contributed by atoms with E-state index in [2.05, 4.69) is 84.5 Å². The van der Waals surface area contributed by atoms with Crippen molar-refractivity contribution < 1.29 is 28.6 Å². The fourth-order valence-corrected chi connectivity index (χ4v) is 5.85. The summed E-state index contributed by atoms with van der Waals surface area (Å²) in [6.07, 6.45) is 3.25. The number of aryl methyl sites for hydroxylation is 1. The molecule has 0 fully saturated rings. The second kappa shape index (κ2) is 14.3. The molecule has 0 amide bonds. The number of aromatic nitrogens is 2. The first-order valence-electron chi connectivity index (χ1n) is 17.1. The van der Waals surface area contributed by atoms with Crippen LogP contribution in [0.15, 0.2) is 156 Å². The number of para-hydroxylation sites is 1. The van der Waals surface area contributed by atoms with Gasteiger partial charge in [-0.3, -0.25) is 0 Å². The van der Waals surface area contributed by atoms with Gasteiger partial charge in [0.15, 0.2) is 0 Å². The van der Waals surface area contributed by atoms with Crippen LogP contribution in [0, 0.1) is 19.0 Å². The van der Waals surface area contributed by atoms with Crippen molar-refractivity contribution in [2.45, 2.75) is 26.1 Å². The first-order chi connectivity index (χ1) is 24.2. The van der Waals surface area contributed by atoms with Gasteiger partial charge in [0, 0.05) is 42.0 Å². The third-order valence-electron chi connectivity index (χ3n) is 8.55. The molecule has 0 spiro atoms. The maximum atomic E-state index is 7.91. The van der Waals surface area contributed by atoms with Crippen molar-refractivity contribution >= 4 is 21.9 Å². The quantitative estimate of drug-likeness (QED) is 0.163. The molecule has 0 aliphatic heterocycles. The molecule has 3 heterocycles. The predicted molar refractivity (Wildman–Crippen MR) is 193 cm³/mol. The molecule has 48 heavy (non-hydrogen) atoms. The van der Waals surface area contributed by atoms with E-state index in [1.165, 1.54) is 17.3 Å². The minimum atomic E-state index is -2.26. The van der Waals surface area contributed by atoms with E-state index in [1.807, 2.05) is 97.2 Å². The van der Waals surface area contributed by atoms with Crippen LogP contribution < -0.4 is 0 Å². The maximum Gasteiger partial charge on any atom is 0.120 e. The topological polar surface area (TPSA) is 38.9 Å². The summed E-state index contributed by atoms with van der Waals surface area (Å²) in [5.41, 5.74) is 9.06. The summed E-state index contributed by atoms with van der Waals surface area (Å²) in [6, 6.07) is 52.4. The Balaban J connectivity index is 0.000000181. The van der Waals surface area contributed by atoms with Crippen molar-refractivity contribution in [1.29, 1.82) is 0 Å². The molecule has 3 aromatic heterocycles. The van der Waals surface area contributed by atoms with Crippen LogP contribution in [0.4, 0.5) is 0 Å². The van der Waals surface area contributed by atoms with Gasteiger partial charge in [0.05, 0.1) is 5.58 Å². The zero-order chi connectivity index (χ0) is 34.7. The van der Waals surface area contributed by atoms with Crippen LogP contribution in [0.25, 0.3) is 55.6 Å². The van der Waals surface area contributed by atoms with Gasteiger partial charge in [-0.2, -0.15) is 0 Å². The Bertz CT molecular complexity index is 2370. The first kappa shape index (κ1) is 29.0. The summed E-state index contributed by atoms with van der Waals surface area (Å²) in [5.74, 6) is 0. The van der Waals surface area contributed by atoms with Crippen molar-refractivity contribution in [2.75, 3.05) is 0 Å². The average Bonchev–Trinajstić information content (AvgIpc) is 3.55. The minimum Gasteiger partial charge on any atom is -0.501 e. The van der Waals surface area contributed by atoms with Gasteiger partial charge in [-0.25, -0.2) is 0 Å². The SMILES string of the molecule is CC(C)(c1c[c-]c(-c2ccccn2)cc1)c1ccccc1.[2H]C([2H])([2H])c1cnc(-c2[c-]ccc3c2oc2ccccc23)cc1-c1ccccc1.[Ir]. The van der Waals surface area contributed by atoms with Gasteiger partial charge >= 0.3 is 0 Å². The Morgan fingerprint density at radius 1 is 0.688 bits per heavy atom. The first-order valence-corrected chi connectivity index (χ1v) is 15.6. The molecule has 3 nitrogen and oxygen atoms in total. The number of rotatable bonds is 5. The minimum absolute atomic E-state index is 0. The molecule has 1 radical (unpaired) electrons. The third kappa shape index (κ3) is 6.64. The number of fused-ring (bicyclic) bond motifs is 3. The summed E-state index contributed by atoms with van der Waals surface area (Å²) in [6.45, 7) is 2.23. The zero-order valence-electron chi connectivity index (χ0n) is 29.6. The number of furan rings is 1. The molecule has 0 atom stereocenters. The van der Waals surface area contributed by atoms with Gasteiger partial charge in [-0.15, -0.1) is 53.6 Å². The maximum absolute atomic E-state index is 7.91. The molecule has 0 aliphatic rings. The summed E-state index contributed by atoms with van der Waals surface area (Å²) in [5, 5.41) is 2.01. The molecular formula is C44H34IrN2O-2. The molecule has 0 unspecified atom stereocenters. The fourth-order valence-electron chi connectivity index (χ4n) is 5.85. The molecule has 4 heteroatoms. The Kier molecular flexibility index (Phi) is 8.65. The number of pyridine rings is 2. The molecular weight excluding hydrogens is 765 g/mol. The van der Waals surface area contributed by atoms with E-state index in [4.69, 9.17) is 8.53 Å². The van der Waals surface area contributed by atoms with Gasteiger partial charge in [0.25, 0.3) is 0 Å². The fraction of sp³-hybridized carbons (Fsp3) is 0.0909. The third-order valence-corrected chi connectivity index (χ3v) is 8.55. The standard InChI is InChI=1S/C24H16NO.C20H18N.Ir/c1-16-15-25-22(14-21(16)17-8-3-2-4-9-17)20-12-7-11-19-18-10-5-6-13-23(18)26-24(19)20;1-20(2,17-8-4-3-5-9-17)18-13-11-16(12-14-18)19-10-6-7-15-21-19;/h2-11,13-15H,1H3;3-11,13-15H,1-2H3;/q2*-1;/i1D3;;. The monoisotopic (exact) mass is 802 g/mol. The Morgan fingerprint density at radius 3 is 2.17 bits per heavy atom. The van der Waals surface area contributed by atoms with E-state index in [0.29, 0.717) is 22.4 Å². The van der Waals surface area contributed by atoms with Crippen LogP contribution in [0.5, 0.6) is 0 Å². The van der Waals surface area contributed by atoms with Crippen molar-refractivity contribution in [2.24, 2.45) is 0 Å². The van der Waals surface area contributed by atoms with Crippen LogP contribution in [0.1, 0.15) is 34.7 Å². The molecule has 0 N–H and O–H groups in total. The van der Waals surface area contributed by atoms with Gasteiger partial charge in [0.2, 0.25) is 0 Å². The van der Waals surface area contributed by atoms with Gasteiger partial charge in [-0.1, -0.05) is 122 Å². The molecule has 0 bridgehead atoms. The average molecular weight is 802 g/mol. The van der Waals surface area contributed by atoms with E-state index in [9.17, 15) is 0 Å². The largest absolute Gasteiger partial charge is 0.501 e. The molecule has 5 aromatic carbocycles. The van der Waals surface area contributed by atoms with Crippen LogP contribution in [-0.2, 0) is 25.5 Å². The number of nitrogens with zero attached hydrogens (tertiary/aromatic N) is 2. The normalized spacial score (nSPS) is 12.2. The van der Waals surface area contributed by atoms with Gasteiger partial charge in [0.1, 0.15) is 5.58 Å². The molecule has 237 valence electrons. The molecule has 0 saturated heterocycles. The Hall–Kier alpha value is -5.15. The van der Waals surface area contributed by atoms with Crippen molar-refractivity contribution in [3.8, 4) is 33.6 Å². The summed E-state index contributed by atoms with van der Waals surface area (Å²) < 4.78 is 29.8. The van der Waals surface area contributed by atoms with Crippen molar-refractivity contribution in [3.05, 3.63) is 181 Å². The number of benzene rings is 5. The van der Waals surface area contributed by atoms with Gasteiger partial charge in [-0.05, 0) is 58.0 Å². The molecule has 0 aliphatic carbocycles. The van der Waals surface area contributed by atoms with Crippen LogP contribution in [0.3, 0.4) is 0 Å². The van der Waals surface area contributed by atoms with E-state index in [1.54, 1.807) is 0 Å². The Morgan fingerprint density at radius 2 is 1.44 bits per heavy atom. The summed E-state index contributed by atoms with van der Waals surface area (Å²) in [7, 11) is 0. The van der Waals surface area contributed by atoms with Gasteiger partial charge < -0.3 is 14.4 Å². The van der Waals surface area contributed by atoms with Crippen LogP contribution in [0.2, 0.25) is 0 Å². The van der Waals surface area contributed by atoms with E-state index < -0.39 is 6.85 Å². The zero-order valence-corrected chi connectivity index (χ0v) is 29.0. The summed E-state index contributed by atoms with van der Waals surface area (Å²) in [4.78, 5) is 8.84. The predicted octanol–water partition coefficient (Wildman–Crippen LogP) is 11.3. The Labute approximate surface area is 299 Å². The van der Waals surface area contributed by atoms with E-state index in [-0.39, 0.29) is 31.1 Å². The number of hydrogen-bond acceptors (Lipinski definition) is 3. The van der Waals surface area contributed by atoms with Crippen LogP contribution >= 0.6 is 0 Å². The van der Waals surface area contributed by atoms with E-state index >= 15 is 0 Å². The molecule has 8 aromatic rings. The molecule has 0 saturated carbocycles. The smallest absolute Gasteiger partial charge is 0.120 e. The van der Waals surface area contributed by atoms with Crippen molar-refractivity contribution in [3.63, 3.8) is 0 Å². The molecule has 8 rings (SSSR count). The second-order valence-corrected chi connectivity index (χ2v) is 11.9. The number of hydrogen-bond donors (Lipinski definition) is 0. The summed E-state index contributed by atoms with van der Waals surface area (Å²) >= 11 is 0. The van der Waals surface area contributed by atoms with Crippen LogP contribution in [-0.4, -0.2) is 9.97 Å².